The Labute approximate surface area is 102 Å². The van der Waals surface area contributed by atoms with Crippen LogP contribution in [0.5, 0.6) is 0 Å². The molecule has 0 spiro atoms. The minimum atomic E-state index is 0.487. The number of hydrogen-bond acceptors (Lipinski definition) is 3. The van der Waals surface area contributed by atoms with Crippen molar-refractivity contribution < 1.29 is 4.42 Å². The first-order valence-corrected chi connectivity index (χ1v) is 7.27. The van der Waals surface area contributed by atoms with Gasteiger partial charge in [0.15, 0.2) is 0 Å². The average molecular weight is 239 g/mol. The number of nitrogens with one attached hydrogen (secondary N) is 1. The molecule has 1 N–H and O–H groups in total. The zero-order chi connectivity index (χ0) is 11.4. The summed E-state index contributed by atoms with van der Waals surface area (Å²) in [7, 11) is 0. The summed E-state index contributed by atoms with van der Waals surface area (Å²) in [6.45, 7) is 4.07. The molecule has 0 aliphatic heterocycles. The standard InChI is InChI=1S/C13H21NOS/c1-11-5-8-15-12(11)9-14-10-13(16-2)6-3-4-7-13/h5,8,14H,3-4,6-7,9-10H2,1-2H3. The van der Waals surface area contributed by atoms with Gasteiger partial charge in [0.25, 0.3) is 0 Å². The monoisotopic (exact) mass is 239 g/mol. The number of hydrogen-bond donors (Lipinski definition) is 1. The largest absolute Gasteiger partial charge is 0.468 e. The zero-order valence-electron chi connectivity index (χ0n) is 10.2. The van der Waals surface area contributed by atoms with Crippen LogP contribution in [0.15, 0.2) is 16.7 Å². The average Bonchev–Trinajstić information content (AvgIpc) is 2.90. The first kappa shape index (κ1) is 12.1. The highest BCUT2D eigenvalue weighted by Crippen LogP contribution is 2.39. The van der Waals surface area contributed by atoms with Crippen LogP contribution in [0, 0.1) is 6.92 Å². The van der Waals surface area contributed by atoms with Crippen LogP contribution < -0.4 is 5.32 Å². The van der Waals surface area contributed by atoms with Crippen LogP contribution in [-0.2, 0) is 6.54 Å². The lowest BCUT2D eigenvalue weighted by Gasteiger charge is -2.26. The second-order valence-electron chi connectivity index (χ2n) is 4.72. The molecular formula is C13H21NOS. The van der Waals surface area contributed by atoms with E-state index >= 15 is 0 Å². The van der Waals surface area contributed by atoms with Crippen molar-refractivity contribution in [3.8, 4) is 0 Å². The zero-order valence-corrected chi connectivity index (χ0v) is 11.0. The van der Waals surface area contributed by atoms with Crippen LogP contribution in [0.2, 0.25) is 0 Å². The Hall–Kier alpha value is -0.410. The first-order chi connectivity index (χ1) is 7.76. The fourth-order valence-electron chi connectivity index (χ4n) is 2.46. The van der Waals surface area contributed by atoms with Gasteiger partial charge in [0.1, 0.15) is 5.76 Å². The quantitative estimate of drug-likeness (QED) is 0.853. The van der Waals surface area contributed by atoms with Gasteiger partial charge < -0.3 is 9.73 Å². The molecule has 2 rings (SSSR count). The summed E-state index contributed by atoms with van der Waals surface area (Å²) in [6, 6.07) is 2.02. The van der Waals surface area contributed by atoms with E-state index in [2.05, 4.69) is 18.5 Å². The molecular weight excluding hydrogens is 218 g/mol. The van der Waals surface area contributed by atoms with E-state index in [-0.39, 0.29) is 0 Å². The van der Waals surface area contributed by atoms with Crippen LogP contribution in [0.1, 0.15) is 37.0 Å². The molecule has 0 saturated heterocycles. The van der Waals surface area contributed by atoms with Crippen molar-refractivity contribution in [3.63, 3.8) is 0 Å². The third kappa shape index (κ3) is 2.64. The number of thioether (sulfide) groups is 1. The maximum absolute atomic E-state index is 5.43. The van der Waals surface area contributed by atoms with E-state index in [4.69, 9.17) is 4.42 Å². The molecule has 1 aliphatic carbocycles. The predicted octanol–water partition coefficient (Wildman–Crippen LogP) is 3.35. The first-order valence-electron chi connectivity index (χ1n) is 6.05. The number of rotatable bonds is 5. The normalized spacial score (nSPS) is 19.1. The van der Waals surface area contributed by atoms with Crippen molar-refractivity contribution in [2.75, 3.05) is 12.8 Å². The Bertz CT molecular complexity index is 328. The molecule has 0 atom stereocenters. The highest BCUT2D eigenvalue weighted by molar-refractivity contribution is 8.00. The Morgan fingerprint density at radius 3 is 2.75 bits per heavy atom. The van der Waals surface area contributed by atoms with Gasteiger partial charge in [-0.3, -0.25) is 0 Å². The van der Waals surface area contributed by atoms with Crippen LogP contribution in [-0.4, -0.2) is 17.5 Å². The second kappa shape index (κ2) is 5.28. The molecule has 0 bridgehead atoms. The number of furan rings is 1. The number of aryl methyl sites for hydroxylation is 1. The smallest absolute Gasteiger partial charge is 0.120 e. The van der Waals surface area contributed by atoms with Gasteiger partial charge in [-0.05, 0) is 37.7 Å². The highest BCUT2D eigenvalue weighted by atomic mass is 32.2. The van der Waals surface area contributed by atoms with Crippen molar-refractivity contribution in [2.45, 2.75) is 43.9 Å². The molecule has 0 amide bonds. The molecule has 1 aliphatic rings. The van der Waals surface area contributed by atoms with Gasteiger partial charge >= 0.3 is 0 Å². The summed E-state index contributed by atoms with van der Waals surface area (Å²) in [4.78, 5) is 0. The van der Waals surface area contributed by atoms with E-state index in [1.165, 1.54) is 31.2 Å². The minimum absolute atomic E-state index is 0.487. The van der Waals surface area contributed by atoms with Crippen LogP contribution in [0.4, 0.5) is 0 Å². The minimum Gasteiger partial charge on any atom is -0.468 e. The molecule has 3 heteroatoms. The topological polar surface area (TPSA) is 25.2 Å². The maximum atomic E-state index is 5.43. The van der Waals surface area contributed by atoms with Crippen molar-refractivity contribution in [1.29, 1.82) is 0 Å². The van der Waals surface area contributed by atoms with Crippen molar-refractivity contribution in [3.05, 3.63) is 23.7 Å². The van der Waals surface area contributed by atoms with Gasteiger partial charge in [0, 0.05) is 11.3 Å². The molecule has 2 nitrogen and oxygen atoms in total. The van der Waals surface area contributed by atoms with Gasteiger partial charge in [-0.25, -0.2) is 0 Å². The van der Waals surface area contributed by atoms with E-state index in [0.717, 1.165) is 18.8 Å². The molecule has 90 valence electrons. The van der Waals surface area contributed by atoms with Crippen LogP contribution in [0.25, 0.3) is 0 Å². The Morgan fingerprint density at radius 2 is 2.19 bits per heavy atom. The summed E-state index contributed by atoms with van der Waals surface area (Å²) in [6.07, 6.45) is 9.51. The van der Waals surface area contributed by atoms with E-state index in [9.17, 15) is 0 Å². The molecule has 1 fully saturated rings. The summed E-state index contributed by atoms with van der Waals surface area (Å²) in [5.74, 6) is 1.08. The van der Waals surface area contributed by atoms with Gasteiger partial charge in [-0.1, -0.05) is 12.8 Å². The third-order valence-corrected chi connectivity index (χ3v) is 5.07. The lowest BCUT2D eigenvalue weighted by molar-refractivity contribution is 0.459. The molecule has 1 heterocycles. The molecule has 1 aromatic heterocycles. The van der Waals surface area contributed by atoms with Gasteiger partial charge in [-0.2, -0.15) is 11.8 Å². The van der Waals surface area contributed by atoms with Crippen LogP contribution in [0.3, 0.4) is 0 Å². The van der Waals surface area contributed by atoms with Crippen molar-refractivity contribution >= 4 is 11.8 Å². The van der Waals surface area contributed by atoms with Gasteiger partial charge in [0.05, 0.1) is 12.8 Å². The van der Waals surface area contributed by atoms with E-state index < -0.39 is 0 Å². The Kier molecular flexibility index (Phi) is 3.98. The van der Waals surface area contributed by atoms with E-state index in [1.54, 1.807) is 6.26 Å². The summed E-state index contributed by atoms with van der Waals surface area (Å²) >= 11 is 2.03. The van der Waals surface area contributed by atoms with E-state index in [1.807, 2.05) is 17.8 Å². The molecule has 16 heavy (non-hydrogen) atoms. The maximum Gasteiger partial charge on any atom is 0.120 e. The fraction of sp³-hybridized carbons (Fsp3) is 0.692. The van der Waals surface area contributed by atoms with Crippen molar-refractivity contribution in [1.82, 2.24) is 5.32 Å². The summed E-state index contributed by atoms with van der Waals surface area (Å²) < 4.78 is 5.91. The Morgan fingerprint density at radius 1 is 1.44 bits per heavy atom. The fourth-order valence-corrected chi connectivity index (χ4v) is 3.40. The van der Waals surface area contributed by atoms with Crippen molar-refractivity contribution in [2.24, 2.45) is 0 Å². The molecule has 1 saturated carbocycles. The lowest BCUT2D eigenvalue weighted by atomic mass is 10.1. The second-order valence-corrected chi connectivity index (χ2v) is 6.00. The summed E-state index contributed by atoms with van der Waals surface area (Å²) in [5, 5.41) is 3.55. The van der Waals surface area contributed by atoms with Crippen LogP contribution >= 0.6 is 11.8 Å². The molecule has 0 aromatic carbocycles. The highest BCUT2D eigenvalue weighted by Gasteiger charge is 2.32. The van der Waals surface area contributed by atoms with E-state index in [0.29, 0.717) is 4.75 Å². The van der Waals surface area contributed by atoms with Gasteiger partial charge in [0.2, 0.25) is 0 Å². The third-order valence-electron chi connectivity index (χ3n) is 3.65. The van der Waals surface area contributed by atoms with Gasteiger partial charge in [-0.15, -0.1) is 0 Å². The predicted molar refractivity (Wildman–Crippen MR) is 69.9 cm³/mol. The SMILES string of the molecule is CSC1(CNCc2occc2C)CCCC1. The molecule has 0 unspecified atom stereocenters. The summed E-state index contributed by atoms with van der Waals surface area (Å²) in [5.41, 5.74) is 1.25. The lowest BCUT2D eigenvalue weighted by Crippen LogP contribution is -2.34. The Balaban J connectivity index is 1.81. The molecule has 0 radical (unpaired) electrons. The molecule has 1 aromatic rings.